The van der Waals surface area contributed by atoms with Gasteiger partial charge in [-0.05, 0) is 48.2 Å². The number of amides is 2. The van der Waals surface area contributed by atoms with Crippen LogP contribution in [0.1, 0.15) is 32.6 Å². The van der Waals surface area contributed by atoms with Gasteiger partial charge in [0.15, 0.2) is 0 Å². The van der Waals surface area contributed by atoms with Crippen LogP contribution < -0.4 is 10.6 Å². The molecule has 2 rings (SSSR count). The summed E-state index contributed by atoms with van der Waals surface area (Å²) in [6.07, 6.45) is -4.35. The van der Waals surface area contributed by atoms with Gasteiger partial charge in [0.05, 0.1) is 13.2 Å². The lowest BCUT2D eigenvalue weighted by molar-refractivity contribution is -0.176. The maximum absolute atomic E-state index is 12.1. The molecule has 0 aliphatic carbocycles. The zero-order valence-corrected chi connectivity index (χ0v) is 16.2. The molecule has 0 spiro atoms. The van der Waals surface area contributed by atoms with Crippen molar-refractivity contribution in [2.24, 2.45) is 0 Å². The first-order valence-electron chi connectivity index (χ1n) is 8.98. The highest BCUT2D eigenvalue weighted by Crippen LogP contribution is 2.16. The molecule has 0 saturated carbocycles. The molecule has 2 aromatic carbocycles. The molecule has 0 unspecified atom stereocenters. The summed E-state index contributed by atoms with van der Waals surface area (Å²) >= 11 is 0. The second kappa shape index (κ2) is 10.1. The molecular weight excluding hydrogens is 385 g/mol. The zero-order valence-electron chi connectivity index (χ0n) is 16.2. The summed E-state index contributed by atoms with van der Waals surface area (Å²) in [7, 11) is 0. The van der Waals surface area contributed by atoms with Crippen molar-refractivity contribution in [1.82, 2.24) is 10.6 Å². The summed E-state index contributed by atoms with van der Waals surface area (Å²) in [5.74, 6) is -0.675. The molecule has 0 bridgehead atoms. The highest BCUT2D eigenvalue weighted by atomic mass is 19.4. The predicted molar refractivity (Wildman–Crippen MR) is 102 cm³/mol. The van der Waals surface area contributed by atoms with E-state index in [9.17, 15) is 22.8 Å². The molecule has 0 heterocycles. The van der Waals surface area contributed by atoms with Crippen molar-refractivity contribution in [3.63, 3.8) is 0 Å². The van der Waals surface area contributed by atoms with E-state index in [0.717, 1.165) is 16.7 Å². The van der Waals surface area contributed by atoms with Gasteiger partial charge in [0.2, 0.25) is 5.91 Å². The lowest BCUT2D eigenvalue weighted by Crippen LogP contribution is -2.36. The van der Waals surface area contributed by atoms with Crippen molar-refractivity contribution in [3.8, 4) is 0 Å². The molecule has 29 heavy (non-hydrogen) atoms. The highest BCUT2D eigenvalue weighted by Gasteiger charge is 2.27. The minimum absolute atomic E-state index is 0.142. The molecule has 2 N–H and O–H groups in total. The Kier molecular flexibility index (Phi) is 7.78. The second-order valence-electron chi connectivity index (χ2n) is 6.68. The third kappa shape index (κ3) is 7.95. The van der Waals surface area contributed by atoms with E-state index < -0.39 is 12.8 Å². The first-order valence-corrected chi connectivity index (χ1v) is 8.98. The van der Waals surface area contributed by atoms with Crippen molar-refractivity contribution >= 4 is 11.8 Å². The molecule has 2 amide bonds. The molecule has 0 radical (unpaired) electrons. The Morgan fingerprint density at radius 1 is 0.931 bits per heavy atom. The molecule has 8 heteroatoms. The number of hydrogen-bond donors (Lipinski definition) is 2. The van der Waals surface area contributed by atoms with Crippen LogP contribution in [0.25, 0.3) is 0 Å². The van der Waals surface area contributed by atoms with Crippen LogP contribution in [0.4, 0.5) is 13.2 Å². The molecule has 0 aromatic heterocycles. The van der Waals surface area contributed by atoms with E-state index in [1.807, 2.05) is 19.9 Å². The summed E-state index contributed by atoms with van der Waals surface area (Å²) in [5, 5.41) is 5.24. The quantitative estimate of drug-likeness (QED) is 0.703. The van der Waals surface area contributed by atoms with Crippen molar-refractivity contribution in [3.05, 3.63) is 70.3 Å². The third-order valence-electron chi connectivity index (χ3n) is 4.23. The number of nitrogens with one attached hydrogen (secondary N) is 2. The monoisotopic (exact) mass is 408 g/mol. The molecule has 5 nitrogen and oxygen atoms in total. The van der Waals surface area contributed by atoms with Gasteiger partial charge in [0.25, 0.3) is 5.91 Å². The molecule has 0 saturated heterocycles. The van der Waals surface area contributed by atoms with Crippen LogP contribution in [0.15, 0.2) is 42.5 Å². The number of rotatable bonds is 8. The number of halogens is 3. The van der Waals surface area contributed by atoms with Crippen molar-refractivity contribution in [1.29, 1.82) is 0 Å². The van der Waals surface area contributed by atoms with Crippen LogP contribution in [0.5, 0.6) is 0 Å². The average molecular weight is 408 g/mol. The van der Waals surface area contributed by atoms with Crippen molar-refractivity contribution < 1.29 is 27.5 Å². The van der Waals surface area contributed by atoms with Gasteiger partial charge in [-0.15, -0.1) is 0 Å². The van der Waals surface area contributed by atoms with Crippen molar-refractivity contribution in [2.45, 2.75) is 33.2 Å². The number of carbonyl (C=O) groups is 2. The van der Waals surface area contributed by atoms with E-state index in [0.29, 0.717) is 11.1 Å². The van der Waals surface area contributed by atoms with Crippen molar-refractivity contribution in [2.75, 3.05) is 13.2 Å². The Morgan fingerprint density at radius 2 is 1.59 bits per heavy atom. The minimum atomic E-state index is -4.35. The first-order chi connectivity index (χ1) is 13.6. The Balaban J connectivity index is 1.73. The Bertz CT molecular complexity index is 849. The van der Waals surface area contributed by atoms with E-state index in [1.165, 1.54) is 0 Å². The van der Waals surface area contributed by atoms with E-state index in [-0.39, 0.29) is 31.5 Å². The lowest BCUT2D eigenvalue weighted by atomic mass is 10.1. The summed E-state index contributed by atoms with van der Waals surface area (Å²) < 4.78 is 40.7. The van der Waals surface area contributed by atoms with Crippen LogP contribution in [0.3, 0.4) is 0 Å². The summed E-state index contributed by atoms with van der Waals surface area (Å²) in [6, 6.07) is 12.0. The van der Waals surface area contributed by atoms with Crippen LogP contribution in [-0.4, -0.2) is 31.1 Å². The molecule has 0 fully saturated rings. The van der Waals surface area contributed by atoms with Crippen LogP contribution in [0.2, 0.25) is 0 Å². The van der Waals surface area contributed by atoms with E-state index in [4.69, 9.17) is 0 Å². The van der Waals surface area contributed by atoms with Gasteiger partial charge in [0, 0.05) is 12.1 Å². The largest absolute Gasteiger partial charge is 0.411 e. The summed E-state index contributed by atoms with van der Waals surface area (Å²) in [5.41, 5.74) is 3.94. The molecule has 0 aliphatic heterocycles. The zero-order chi connectivity index (χ0) is 21.4. The molecular formula is C21H23F3N2O3. The second-order valence-corrected chi connectivity index (χ2v) is 6.68. The summed E-state index contributed by atoms with van der Waals surface area (Å²) in [4.78, 5) is 24.0. The van der Waals surface area contributed by atoms with Crippen LogP contribution >= 0.6 is 0 Å². The SMILES string of the molecule is Cc1ccc(C(=O)NCC(=O)NCc2ccc(COCC(F)(F)F)cc2)cc1C. The van der Waals surface area contributed by atoms with Gasteiger partial charge in [-0.2, -0.15) is 13.2 Å². The average Bonchev–Trinajstić information content (AvgIpc) is 2.66. The van der Waals surface area contributed by atoms with E-state index >= 15 is 0 Å². The number of carbonyl (C=O) groups excluding carboxylic acids is 2. The molecule has 156 valence electrons. The van der Waals surface area contributed by atoms with Gasteiger partial charge >= 0.3 is 6.18 Å². The number of ether oxygens (including phenoxy) is 1. The summed E-state index contributed by atoms with van der Waals surface area (Å²) in [6.45, 7) is 2.51. The topological polar surface area (TPSA) is 67.4 Å². The molecule has 0 atom stereocenters. The standard InChI is InChI=1S/C21H23F3N2O3/c1-14-3-8-18(9-15(14)2)20(28)26-11-19(27)25-10-16-4-6-17(7-5-16)12-29-13-21(22,23)24/h3-9H,10-13H2,1-2H3,(H,25,27)(H,26,28). The molecule has 2 aromatic rings. The van der Waals surface area contributed by atoms with Gasteiger partial charge in [-0.3, -0.25) is 9.59 Å². The lowest BCUT2D eigenvalue weighted by Gasteiger charge is -2.10. The van der Waals surface area contributed by atoms with Crippen LogP contribution in [0, 0.1) is 13.8 Å². The fourth-order valence-corrected chi connectivity index (χ4v) is 2.45. The number of hydrogen-bond acceptors (Lipinski definition) is 3. The fourth-order valence-electron chi connectivity index (χ4n) is 2.45. The maximum Gasteiger partial charge on any atom is 0.411 e. The normalized spacial score (nSPS) is 11.2. The Hall–Kier alpha value is -2.87. The number of aryl methyl sites for hydroxylation is 2. The van der Waals surface area contributed by atoms with Gasteiger partial charge in [-0.25, -0.2) is 0 Å². The molecule has 0 aliphatic rings. The van der Waals surface area contributed by atoms with Gasteiger partial charge in [0.1, 0.15) is 6.61 Å². The minimum Gasteiger partial charge on any atom is -0.367 e. The van der Waals surface area contributed by atoms with Gasteiger partial charge in [-0.1, -0.05) is 30.3 Å². The third-order valence-corrected chi connectivity index (χ3v) is 4.23. The fraction of sp³-hybridized carbons (Fsp3) is 0.333. The van der Waals surface area contributed by atoms with E-state index in [2.05, 4.69) is 15.4 Å². The number of alkyl halides is 3. The highest BCUT2D eigenvalue weighted by molar-refractivity contribution is 5.96. The Morgan fingerprint density at radius 3 is 2.21 bits per heavy atom. The first kappa shape index (κ1) is 22.4. The van der Waals surface area contributed by atoms with Gasteiger partial charge < -0.3 is 15.4 Å². The predicted octanol–water partition coefficient (Wildman–Crippen LogP) is 3.43. The smallest absolute Gasteiger partial charge is 0.367 e. The van der Waals surface area contributed by atoms with E-state index in [1.54, 1.807) is 36.4 Å². The maximum atomic E-state index is 12.1. The van der Waals surface area contributed by atoms with Crippen LogP contribution in [-0.2, 0) is 22.7 Å². The Labute approximate surface area is 167 Å². The number of benzene rings is 2.